The highest BCUT2D eigenvalue weighted by Gasteiger charge is 2.57. The molecule has 0 spiro atoms. The van der Waals surface area contributed by atoms with Gasteiger partial charge in [-0.3, -0.25) is 9.69 Å². The SMILES string of the molecule is CC1=CCCC2(C)C(CCC2(O)CN(Cc2ccccc2)CC(O)CO)c2ccc(cc2C(=O)C2CCCCC2)CC(O)CC1. The van der Waals surface area contributed by atoms with Crippen molar-refractivity contribution < 1.29 is 25.2 Å². The van der Waals surface area contributed by atoms with Crippen molar-refractivity contribution in [2.45, 2.75) is 121 Å². The fourth-order valence-electron chi connectivity index (χ4n) is 8.55. The first-order valence-corrected chi connectivity index (χ1v) is 17.4. The van der Waals surface area contributed by atoms with Crippen LogP contribution in [0.1, 0.15) is 117 Å². The predicted octanol–water partition coefficient (Wildman–Crippen LogP) is 6.34. The minimum Gasteiger partial charge on any atom is -0.394 e. The van der Waals surface area contributed by atoms with Crippen molar-refractivity contribution in [2.75, 3.05) is 19.7 Å². The van der Waals surface area contributed by atoms with Crippen LogP contribution in [0.25, 0.3) is 0 Å². The van der Waals surface area contributed by atoms with Gasteiger partial charge in [0, 0.05) is 36.5 Å². The first kappa shape index (κ1) is 34.0. The summed E-state index contributed by atoms with van der Waals surface area (Å²) in [7, 11) is 0. The zero-order chi connectivity index (χ0) is 32.0. The first-order valence-electron chi connectivity index (χ1n) is 17.4. The van der Waals surface area contributed by atoms with Gasteiger partial charge in [-0.25, -0.2) is 0 Å². The molecule has 6 heteroatoms. The molecule has 6 nitrogen and oxygen atoms in total. The molecule has 2 aromatic rings. The Morgan fingerprint density at radius 3 is 2.51 bits per heavy atom. The second-order valence-electron chi connectivity index (χ2n) is 14.6. The van der Waals surface area contributed by atoms with Gasteiger partial charge in [0.15, 0.2) is 5.78 Å². The zero-order valence-electron chi connectivity index (χ0n) is 27.5. The van der Waals surface area contributed by atoms with E-state index in [1.54, 1.807) is 0 Å². The molecule has 2 bridgehead atoms. The summed E-state index contributed by atoms with van der Waals surface area (Å²) >= 11 is 0. The maximum Gasteiger partial charge on any atom is 0.166 e. The largest absolute Gasteiger partial charge is 0.394 e. The molecule has 246 valence electrons. The molecule has 0 amide bonds. The Kier molecular flexibility index (Phi) is 11.4. The average molecular weight is 618 g/mol. The van der Waals surface area contributed by atoms with Gasteiger partial charge in [0.1, 0.15) is 0 Å². The van der Waals surface area contributed by atoms with Crippen LogP contribution >= 0.6 is 0 Å². The fourth-order valence-corrected chi connectivity index (χ4v) is 8.55. The van der Waals surface area contributed by atoms with E-state index >= 15 is 0 Å². The van der Waals surface area contributed by atoms with E-state index < -0.39 is 23.2 Å². The summed E-state index contributed by atoms with van der Waals surface area (Å²) in [5, 5.41) is 43.9. The molecular weight excluding hydrogens is 562 g/mol. The molecule has 2 saturated carbocycles. The average Bonchev–Trinajstić information content (AvgIpc) is 3.29. The molecule has 4 N–H and O–H groups in total. The van der Waals surface area contributed by atoms with E-state index in [0.29, 0.717) is 32.4 Å². The third-order valence-corrected chi connectivity index (χ3v) is 11.3. The maximum atomic E-state index is 14.3. The Bertz CT molecular complexity index is 1300. The van der Waals surface area contributed by atoms with Crippen LogP contribution in [0.2, 0.25) is 0 Å². The van der Waals surface area contributed by atoms with Crippen molar-refractivity contribution >= 4 is 5.78 Å². The number of hydrogen-bond donors (Lipinski definition) is 4. The monoisotopic (exact) mass is 617 g/mol. The number of rotatable bonds is 9. The smallest absolute Gasteiger partial charge is 0.166 e. The molecular formula is C39H55NO5. The number of benzene rings is 2. The Labute approximate surface area is 270 Å². The van der Waals surface area contributed by atoms with Crippen LogP contribution in [-0.4, -0.2) is 68.6 Å². The van der Waals surface area contributed by atoms with E-state index in [9.17, 15) is 25.2 Å². The number of fused-ring (bicyclic) bond motifs is 8. The van der Waals surface area contributed by atoms with Crippen molar-refractivity contribution in [3.05, 3.63) is 82.4 Å². The van der Waals surface area contributed by atoms with Gasteiger partial charge in [-0.1, -0.05) is 80.3 Å². The molecule has 2 aromatic carbocycles. The van der Waals surface area contributed by atoms with Gasteiger partial charge in [0.05, 0.1) is 24.4 Å². The zero-order valence-corrected chi connectivity index (χ0v) is 27.5. The topological polar surface area (TPSA) is 101 Å². The highest BCUT2D eigenvalue weighted by molar-refractivity contribution is 5.99. The molecule has 4 aliphatic carbocycles. The van der Waals surface area contributed by atoms with Gasteiger partial charge in [0.2, 0.25) is 0 Å². The summed E-state index contributed by atoms with van der Waals surface area (Å²) in [5.41, 5.74) is 3.60. The fraction of sp³-hybridized carbons (Fsp3) is 0.615. The number of ketones is 1. The van der Waals surface area contributed by atoms with Crippen molar-refractivity contribution in [3.63, 3.8) is 0 Å². The Hall–Kier alpha value is -2.35. The summed E-state index contributed by atoms with van der Waals surface area (Å²) in [5.74, 6) is 0.260. The van der Waals surface area contributed by atoms with Crippen molar-refractivity contribution in [3.8, 4) is 0 Å². The van der Waals surface area contributed by atoms with Crippen LogP contribution in [0.15, 0.2) is 60.2 Å². The lowest BCUT2D eigenvalue weighted by Crippen LogP contribution is -2.53. The molecule has 0 aromatic heterocycles. The van der Waals surface area contributed by atoms with E-state index in [0.717, 1.165) is 73.6 Å². The summed E-state index contributed by atoms with van der Waals surface area (Å²) in [6, 6.07) is 16.4. The van der Waals surface area contributed by atoms with Crippen LogP contribution in [0, 0.1) is 11.3 Å². The van der Waals surface area contributed by atoms with E-state index in [1.807, 2.05) is 18.2 Å². The molecule has 0 heterocycles. The highest BCUT2D eigenvalue weighted by Crippen LogP contribution is 2.59. The van der Waals surface area contributed by atoms with Crippen LogP contribution in [-0.2, 0) is 13.0 Å². The molecule has 6 rings (SSSR count). The minimum atomic E-state index is -1.07. The number of aliphatic hydroxyl groups excluding tert-OH is 3. The van der Waals surface area contributed by atoms with Crippen LogP contribution < -0.4 is 0 Å². The van der Waals surface area contributed by atoms with E-state index in [1.165, 1.54) is 12.0 Å². The molecule has 0 saturated heterocycles. The second kappa shape index (κ2) is 15.0. The van der Waals surface area contributed by atoms with Crippen LogP contribution in [0.3, 0.4) is 0 Å². The molecule has 4 aliphatic rings. The Balaban J connectivity index is 1.55. The molecule has 45 heavy (non-hydrogen) atoms. The number of carbonyl (C=O) groups is 1. The Morgan fingerprint density at radius 2 is 1.78 bits per heavy atom. The lowest BCUT2D eigenvalue weighted by atomic mass is 9.64. The summed E-state index contributed by atoms with van der Waals surface area (Å²) in [4.78, 5) is 16.4. The lowest BCUT2D eigenvalue weighted by molar-refractivity contribution is -0.0907. The quantitative estimate of drug-likeness (QED) is 0.194. The van der Waals surface area contributed by atoms with Gasteiger partial charge in [-0.05, 0) is 93.4 Å². The molecule has 2 fully saturated rings. The van der Waals surface area contributed by atoms with E-state index in [4.69, 9.17) is 0 Å². The molecule has 0 radical (unpaired) electrons. The minimum absolute atomic E-state index is 0.0120. The van der Waals surface area contributed by atoms with Crippen molar-refractivity contribution in [1.82, 2.24) is 4.90 Å². The first-order chi connectivity index (χ1) is 21.6. The maximum absolute atomic E-state index is 14.3. The number of Topliss-reactive ketones (excluding diaryl/α,β-unsaturated/α-hetero) is 1. The summed E-state index contributed by atoms with van der Waals surface area (Å²) in [6.45, 7) is 5.20. The number of allylic oxidation sites excluding steroid dienone is 2. The van der Waals surface area contributed by atoms with Gasteiger partial charge in [-0.2, -0.15) is 0 Å². The normalized spacial score (nSPS) is 28.8. The number of hydrogen-bond acceptors (Lipinski definition) is 6. The molecule has 0 aliphatic heterocycles. The third kappa shape index (κ3) is 7.97. The van der Waals surface area contributed by atoms with E-state index in [2.05, 4.69) is 55.2 Å². The van der Waals surface area contributed by atoms with Crippen LogP contribution in [0.4, 0.5) is 0 Å². The number of carbonyl (C=O) groups excluding carboxylic acids is 1. The molecule has 5 unspecified atom stereocenters. The van der Waals surface area contributed by atoms with Crippen molar-refractivity contribution in [1.29, 1.82) is 0 Å². The number of nitrogens with zero attached hydrogens (tertiary/aromatic N) is 1. The Morgan fingerprint density at radius 1 is 1.02 bits per heavy atom. The van der Waals surface area contributed by atoms with Crippen molar-refractivity contribution in [2.24, 2.45) is 11.3 Å². The van der Waals surface area contributed by atoms with E-state index in [-0.39, 0.29) is 30.8 Å². The third-order valence-electron chi connectivity index (χ3n) is 11.3. The predicted molar refractivity (Wildman–Crippen MR) is 179 cm³/mol. The van der Waals surface area contributed by atoms with Gasteiger partial charge >= 0.3 is 0 Å². The van der Waals surface area contributed by atoms with Gasteiger partial charge in [0.25, 0.3) is 0 Å². The second-order valence-corrected chi connectivity index (χ2v) is 14.6. The summed E-state index contributed by atoms with van der Waals surface area (Å²) < 4.78 is 0. The molecule has 5 atom stereocenters. The highest BCUT2D eigenvalue weighted by atomic mass is 16.3. The van der Waals surface area contributed by atoms with Gasteiger partial charge in [-0.15, -0.1) is 0 Å². The standard InChI is InChI=1S/C39H55NO5/c1-28-10-9-20-38(2)36(19-21-39(38,45)27-40(25-33(43)26-41)24-29-11-5-3-6-12-29)34-18-16-30(22-32(42)17-15-28)23-35(34)37(44)31-13-7-4-8-14-31/h3,5-6,10-12,16,18,23,31-33,36,41-43,45H,4,7-9,13-15,17,19-22,24-27H2,1-2H3. The van der Waals surface area contributed by atoms with Crippen LogP contribution in [0.5, 0.6) is 0 Å². The number of aliphatic hydroxyl groups is 4. The van der Waals surface area contributed by atoms with Gasteiger partial charge < -0.3 is 20.4 Å². The lowest BCUT2D eigenvalue weighted by Gasteiger charge is -2.46. The summed E-state index contributed by atoms with van der Waals surface area (Å²) in [6.07, 6.45) is 11.1.